The fraction of sp³-hybridized carbons (Fsp3) is 0.286. The highest BCUT2D eigenvalue weighted by molar-refractivity contribution is 8.00. The fourth-order valence-corrected chi connectivity index (χ4v) is 6.12. The van der Waals surface area contributed by atoms with E-state index >= 15 is 0 Å². The van der Waals surface area contributed by atoms with E-state index in [1.54, 1.807) is 17.8 Å². The van der Waals surface area contributed by atoms with E-state index in [1.165, 1.54) is 35.5 Å². The number of anilines is 1. The summed E-state index contributed by atoms with van der Waals surface area (Å²) in [4.78, 5) is 48.9. The number of aromatic nitrogens is 2. The number of hydrogen-bond acceptors (Lipinski definition) is 11. The number of nitrogens with two attached hydrogens (primary N) is 1. The highest BCUT2D eigenvalue weighted by atomic mass is 32.2. The Labute approximate surface area is 217 Å². The zero-order valence-electron chi connectivity index (χ0n) is 18.8. The van der Waals surface area contributed by atoms with Crippen molar-refractivity contribution in [2.24, 2.45) is 5.16 Å². The number of nitrogens with one attached hydrogen (secondary N) is 1. The topological polar surface area (TPSA) is 175 Å². The SMILES string of the molecule is CON=C(C(=O)N[C@@H]1C(=O)N2C(C(=O)O)=C(C[n+]3ccc(SCC#N)cc3)CS[C@@H]12)c1csc(N)n1. The molecule has 15 heteroatoms. The Balaban J connectivity index is 1.49. The molecule has 186 valence electrons. The molecule has 2 atom stereocenters. The predicted octanol–water partition coefficient (Wildman–Crippen LogP) is 0.418. The zero-order chi connectivity index (χ0) is 25.8. The molecule has 2 amide bonds. The molecule has 0 aliphatic carbocycles. The van der Waals surface area contributed by atoms with Crippen molar-refractivity contribution in [3.63, 3.8) is 0 Å². The lowest BCUT2D eigenvalue weighted by atomic mass is 10.0. The third kappa shape index (κ3) is 5.15. The number of thiazole rings is 1. The Morgan fingerprint density at radius 3 is 2.83 bits per heavy atom. The van der Waals surface area contributed by atoms with Crippen LogP contribution in [0.5, 0.6) is 0 Å². The van der Waals surface area contributed by atoms with Gasteiger partial charge in [-0.2, -0.15) is 5.26 Å². The van der Waals surface area contributed by atoms with Gasteiger partial charge in [0, 0.05) is 33.7 Å². The third-order valence-corrected chi connectivity index (χ3v) is 8.13. The standard InChI is InChI=1S/C21H19N7O5S3/c1-33-26-14(13-10-36-21(23)24-13)17(29)25-15-18(30)28-16(20(31)32)11(9-35-19(15)28)8-27-5-2-12(3-6-27)34-7-4-22/h2-3,5-6,10,15,19H,7-9H2,1H3,(H3-,23,24,25,29,31,32)/p+1/t15-,19+/m1/s1. The minimum atomic E-state index is -1.21. The van der Waals surface area contributed by atoms with Gasteiger partial charge in [0.1, 0.15) is 29.9 Å². The van der Waals surface area contributed by atoms with Crippen molar-refractivity contribution in [3.05, 3.63) is 46.9 Å². The van der Waals surface area contributed by atoms with E-state index < -0.39 is 29.2 Å². The smallest absolute Gasteiger partial charge is 0.352 e. The number of pyridine rings is 1. The van der Waals surface area contributed by atoms with Crippen LogP contribution in [-0.2, 0) is 25.8 Å². The highest BCUT2D eigenvalue weighted by Gasteiger charge is 2.54. The van der Waals surface area contributed by atoms with Crippen LogP contribution in [0.2, 0.25) is 0 Å². The number of carboxylic acid groups (broad SMARTS) is 1. The average Bonchev–Trinajstić information content (AvgIpc) is 3.30. The van der Waals surface area contributed by atoms with E-state index in [-0.39, 0.29) is 28.8 Å². The first-order chi connectivity index (χ1) is 17.3. The normalized spacial score (nSPS) is 19.3. The number of amides is 2. The number of thioether (sulfide) groups is 2. The van der Waals surface area contributed by atoms with Crippen molar-refractivity contribution in [2.75, 3.05) is 24.3 Å². The number of carbonyl (C=O) groups excluding carboxylic acids is 2. The van der Waals surface area contributed by atoms with Gasteiger partial charge in [-0.15, -0.1) is 34.9 Å². The number of oxime groups is 1. The van der Waals surface area contributed by atoms with Gasteiger partial charge < -0.3 is 21.0 Å². The van der Waals surface area contributed by atoms with Crippen LogP contribution in [0.15, 0.2) is 51.2 Å². The van der Waals surface area contributed by atoms with Gasteiger partial charge in [-0.1, -0.05) is 5.16 Å². The molecular formula is C21H20N7O5S3+. The molecule has 0 unspecified atom stereocenters. The minimum Gasteiger partial charge on any atom is -0.477 e. The van der Waals surface area contributed by atoms with E-state index in [1.807, 2.05) is 16.7 Å². The number of rotatable bonds is 9. The Hall–Kier alpha value is -3.61. The van der Waals surface area contributed by atoms with Crippen molar-refractivity contribution in [1.29, 1.82) is 5.26 Å². The molecule has 0 aromatic carbocycles. The van der Waals surface area contributed by atoms with Gasteiger partial charge in [-0.3, -0.25) is 14.5 Å². The monoisotopic (exact) mass is 546 g/mol. The summed E-state index contributed by atoms with van der Waals surface area (Å²) in [5.41, 5.74) is 6.20. The molecule has 2 aliphatic rings. The summed E-state index contributed by atoms with van der Waals surface area (Å²) in [5.74, 6) is -1.73. The first-order valence-electron chi connectivity index (χ1n) is 10.4. The lowest BCUT2D eigenvalue weighted by molar-refractivity contribution is -0.689. The van der Waals surface area contributed by atoms with Gasteiger partial charge in [0.2, 0.25) is 0 Å². The third-order valence-electron chi connectivity index (χ3n) is 5.24. The molecule has 12 nitrogen and oxygen atoms in total. The maximum Gasteiger partial charge on any atom is 0.352 e. The van der Waals surface area contributed by atoms with Gasteiger partial charge in [0.15, 0.2) is 29.8 Å². The second-order valence-corrected chi connectivity index (χ2v) is 10.5. The molecule has 4 heterocycles. The van der Waals surface area contributed by atoms with Crippen LogP contribution in [0.4, 0.5) is 5.13 Å². The number of carboxylic acids is 1. The molecule has 4 N–H and O–H groups in total. The first-order valence-corrected chi connectivity index (χ1v) is 13.3. The summed E-state index contributed by atoms with van der Waals surface area (Å²) in [5, 5.41) is 26.2. The molecule has 4 rings (SSSR count). The zero-order valence-corrected chi connectivity index (χ0v) is 21.2. The fourth-order valence-electron chi connectivity index (χ4n) is 3.69. The Morgan fingerprint density at radius 2 is 2.22 bits per heavy atom. The summed E-state index contributed by atoms with van der Waals surface area (Å²) in [7, 11) is 1.28. The molecule has 2 aromatic heterocycles. The molecule has 1 saturated heterocycles. The van der Waals surface area contributed by atoms with E-state index in [0.29, 0.717) is 17.1 Å². The number of hydrogen-bond donors (Lipinski definition) is 3. The maximum atomic E-state index is 13.0. The van der Waals surface area contributed by atoms with E-state index in [0.717, 1.165) is 16.2 Å². The molecule has 0 radical (unpaired) electrons. The van der Waals surface area contributed by atoms with Crippen molar-refractivity contribution >= 4 is 63.5 Å². The predicted molar refractivity (Wildman–Crippen MR) is 133 cm³/mol. The van der Waals surface area contributed by atoms with Gasteiger partial charge in [-0.25, -0.2) is 14.3 Å². The molecule has 0 saturated carbocycles. The second-order valence-electron chi connectivity index (χ2n) is 7.46. The maximum absolute atomic E-state index is 13.0. The van der Waals surface area contributed by atoms with Crippen molar-refractivity contribution in [1.82, 2.24) is 15.2 Å². The second kappa shape index (κ2) is 11.0. The number of carbonyl (C=O) groups is 3. The Kier molecular flexibility index (Phi) is 7.77. The number of β-lactam (4-membered cyclic amide) rings is 1. The van der Waals surface area contributed by atoms with Crippen LogP contribution in [0, 0.1) is 11.3 Å². The van der Waals surface area contributed by atoms with Crippen LogP contribution in [0.25, 0.3) is 0 Å². The lowest BCUT2D eigenvalue weighted by Gasteiger charge is -2.49. The Bertz CT molecular complexity index is 1300. The van der Waals surface area contributed by atoms with Gasteiger partial charge in [0.05, 0.1) is 11.8 Å². The average molecular weight is 547 g/mol. The van der Waals surface area contributed by atoms with Crippen molar-refractivity contribution < 1.29 is 28.9 Å². The van der Waals surface area contributed by atoms with Gasteiger partial charge in [0.25, 0.3) is 11.8 Å². The number of nitrogens with zero attached hydrogens (tertiary/aromatic N) is 5. The van der Waals surface area contributed by atoms with Gasteiger partial charge in [-0.05, 0) is 0 Å². The van der Waals surface area contributed by atoms with E-state index in [2.05, 4.69) is 21.5 Å². The molecular weight excluding hydrogens is 526 g/mol. The molecule has 1 fully saturated rings. The van der Waals surface area contributed by atoms with Crippen LogP contribution in [-0.4, -0.2) is 68.5 Å². The number of nitrogen functional groups attached to an aromatic ring is 1. The molecule has 2 aliphatic heterocycles. The van der Waals surface area contributed by atoms with Crippen LogP contribution < -0.4 is 15.6 Å². The number of nitriles is 1. The van der Waals surface area contributed by atoms with E-state index in [4.69, 9.17) is 15.8 Å². The largest absolute Gasteiger partial charge is 0.477 e. The number of aliphatic carboxylic acids is 1. The quantitative estimate of drug-likeness (QED) is 0.131. The summed E-state index contributed by atoms with van der Waals surface area (Å²) in [6, 6.07) is 4.83. The summed E-state index contributed by atoms with van der Waals surface area (Å²) in [6.07, 6.45) is 3.59. The Morgan fingerprint density at radius 1 is 1.47 bits per heavy atom. The summed E-state index contributed by atoms with van der Waals surface area (Å²) < 4.78 is 1.81. The van der Waals surface area contributed by atoms with Crippen molar-refractivity contribution in [2.45, 2.75) is 22.9 Å². The highest BCUT2D eigenvalue weighted by Crippen LogP contribution is 2.40. The van der Waals surface area contributed by atoms with E-state index in [9.17, 15) is 19.5 Å². The molecule has 36 heavy (non-hydrogen) atoms. The summed E-state index contributed by atoms with van der Waals surface area (Å²) >= 11 is 3.89. The lowest BCUT2D eigenvalue weighted by Crippen LogP contribution is -2.71. The van der Waals surface area contributed by atoms with Crippen LogP contribution in [0.1, 0.15) is 5.69 Å². The number of fused-ring (bicyclic) bond motifs is 1. The first kappa shape index (κ1) is 25.5. The van der Waals surface area contributed by atoms with Gasteiger partial charge >= 0.3 is 5.97 Å². The molecule has 0 spiro atoms. The summed E-state index contributed by atoms with van der Waals surface area (Å²) in [6.45, 7) is 0.279. The van der Waals surface area contributed by atoms with Crippen LogP contribution >= 0.6 is 34.9 Å². The minimum absolute atomic E-state index is 0.0808. The molecule has 2 aromatic rings. The van der Waals surface area contributed by atoms with Crippen LogP contribution in [0.3, 0.4) is 0 Å². The van der Waals surface area contributed by atoms with Crippen molar-refractivity contribution in [3.8, 4) is 6.07 Å². The molecule has 0 bridgehead atoms.